The second-order valence-electron chi connectivity index (χ2n) is 6.90. The van der Waals surface area contributed by atoms with Crippen molar-refractivity contribution in [2.75, 3.05) is 0 Å². The fourth-order valence-electron chi connectivity index (χ4n) is 3.36. The SMILES string of the molecule is Cn1ncc2c(=O)n(CC(=O)N[C@@H](Cc3ccccc3)c3ccccc3)cnc21. The van der Waals surface area contributed by atoms with Crippen LogP contribution in [0.15, 0.2) is 78.0 Å². The van der Waals surface area contributed by atoms with Crippen LogP contribution in [0, 0.1) is 0 Å². The van der Waals surface area contributed by atoms with Gasteiger partial charge in [-0.05, 0) is 17.5 Å². The maximum atomic E-state index is 12.8. The summed E-state index contributed by atoms with van der Waals surface area (Å²) in [7, 11) is 1.72. The molecule has 1 amide bonds. The van der Waals surface area contributed by atoms with Crippen LogP contribution in [-0.4, -0.2) is 25.2 Å². The minimum Gasteiger partial charge on any atom is -0.347 e. The Morgan fingerprint density at radius 2 is 1.76 bits per heavy atom. The molecule has 0 aliphatic rings. The largest absolute Gasteiger partial charge is 0.347 e. The Bertz CT molecular complexity index is 1180. The van der Waals surface area contributed by atoms with Crippen molar-refractivity contribution < 1.29 is 4.79 Å². The lowest BCUT2D eigenvalue weighted by Crippen LogP contribution is -2.35. The van der Waals surface area contributed by atoms with Gasteiger partial charge in [-0.3, -0.25) is 18.8 Å². The summed E-state index contributed by atoms with van der Waals surface area (Å²) in [5.41, 5.74) is 2.35. The lowest BCUT2D eigenvalue weighted by molar-refractivity contribution is -0.122. The van der Waals surface area contributed by atoms with E-state index in [1.54, 1.807) is 7.05 Å². The van der Waals surface area contributed by atoms with Crippen molar-refractivity contribution in [1.29, 1.82) is 0 Å². The van der Waals surface area contributed by atoms with Crippen molar-refractivity contribution in [3.63, 3.8) is 0 Å². The standard InChI is InChI=1S/C22H21N5O2/c1-26-21-18(13-24-26)22(29)27(15-23-21)14-20(28)25-19(17-10-6-3-7-11-17)12-16-8-4-2-5-9-16/h2-11,13,15,19H,12,14H2,1H3,(H,25,28)/t19-/m0/s1. The Labute approximate surface area is 167 Å². The molecule has 0 bridgehead atoms. The van der Waals surface area contributed by atoms with Gasteiger partial charge in [0.05, 0.1) is 12.2 Å². The number of amides is 1. The van der Waals surface area contributed by atoms with Crippen molar-refractivity contribution >= 4 is 16.9 Å². The Balaban J connectivity index is 1.55. The van der Waals surface area contributed by atoms with E-state index >= 15 is 0 Å². The molecule has 0 aliphatic heterocycles. The van der Waals surface area contributed by atoms with Crippen LogP contribution < -0.4 is 10.9 Å². The first kappa shape index (κ1) is 18.6. The van der Waals surface area contributed by atoms with E-state index in [1.165, 1.54) is 21.8 Å². The van der Waals surface area contributed by atoms with Gasteiger partial charge in [0, 0.05) is 7.05 Å². The zero-order valence-electron chi connectivity index (χ0n) is 16.0. The van der Waals surface area contributed by atoms with E-state index in [0.29, 0.717) is 17.5 Å². The van der Waals surface area contributed by atoms with Crippen LogP contribution in [0.4, 0.5) is 0 Å². The number of rotatable bonds is 6. The Morgan fingerprint density at radius 1 is 1.07 bits per heavy atom. The van der Waals surface area contributed by atoms with Gasteiger partial charge in [-0.1, -0.05) is 60.7 Å². The number of fused-ring (bicyclic) bond motifs is 1. The molecule has 1 atom stereocenters. The number of nitrogens with zero attached hydrogens (tertiary/aromatic N) is 4. The summed E-state index contributed by atoms with van der Waals surface area (Å²) < 4.78 is 2.84. The number of carbonyl (C=O) groups excluding carboxylic acids is 1. The smallest absolute Gasteiger partial charge is 0.264 e. The van der Waals surface area contributed by atoms with E-state index < -0.39 is 0 Å². The van der Waals surface area contributed by atoms with E-state index in [9.17, 15) is 9.59 Å². The number of aryl methyl sites for hydroxylation is 1. The fraction of sp³-hybridized carbons (Fsp3) is 0.182. The molecule has 4 rings (SSSR count). The first-order valence-corrected chi connectivity index (χ1v) is 9.37. The zero-order valence-corrected chi connectivity index (χ0v) is 16.0. The second-order valence-corrected chi connectivity index (χ2v) is 6.90. The first-order valence-electron chi connectivity index (χ1n) is 9.37. The van der Waals surface area contributed by atoms with Crippen LogP contribution in [0.3, 0.4) is 0 Å². The molecule has 2 heterocycles. The zero-order chi connectivity index (χ0) is 20.2. The summed E-state index contributed by atoms with van der Waals surface area (Å²) in [5, 5.41) is 7.51. The predicted molar refractivity (Wildman–Crippen MR) is 110 cm³/mol. The van der Waals surface area contributed by atoms with Crippen molar-refractivity contribution in [2.45, 2.75) is 19.0 Å². The lowest BCUT2D eigenvalue weighted by atomic mass is 9.99. The Hall–Kier alpha value is -3.74. The molecule has 0 saturated carbocycles. The molecule has 0 radical (unpaired) electrons. The molecule has 2 aromatic carbocycles. The summed E-state index contributed by atoms with van der Waals surface area (Å²) in [4.78, 5) is 29.6. The molecule has 0 spiro atoms. The van der Waals surface area contributed by atoms with Gasteiger partial charge in [0.2, 0.25) is 5.91 Å². The van der Waals surface area contributed by atoms with E-state index in [2.05, 4.69) is 15.4 Å². The molecular weight excluding hydrogens is 366 g/mol. The maximum absolute atomic E-state index is 12.8. The van der Waals surface area contributed by atoms with Crippen molar-refractivity contribution in [3.8, 4) is 0 Å². The van der Waals surface area contributed by atoms with E-state index in [-0.39, 0.29) is 24.1 Å². The maximum Gasteiger partial charge on any atom is 0.264 e. The number of hydrogen-bond donors (Lipinski definition) is 1. The van der Waals surface area contributed by atoms with Gasteiger partial charge in [-0.25, -0.2) is 4.98 Å². The summed E-state index contributed by atoms with van der Waals surface area (Å²) in [6, 6.07) is 19.6. The van der Waals surface area contributed by atoms with Crippen molar-refractivity contribution in [2.24, 2.45) is 7.05 Å². The number of benzene rings is 2. The highest BCUT2D eigenvalue weighted by Gasteiger charge is 2.17. The third-order valence-corrected chi connectivity index (χ3v) is 4.85. The lowest BCUT2D eigenvalue weighted by Gasteiger charge is -2.20. The highest BCUT2D eigenvalue weighted by Crippen LogP contribution is 2.18. The van der Waals surface area contributed by atoms with Gasteiger partial charge in [-0.2, -0.15) is 5.10 Å². The van der Waals surface area contributed by atoms with Crippen LogP contribution in [-0.2, 0) is 24.8 Å². The fourth-order valence-corrected chi connectivity index (χ4v) is 3.36. The normalized spacial score (nSPS) is 12.0. The monoisotopic (exact) mass is 387 g/mol. The molecule has 0 fully saturated rings. The predicted octanol–water partition coefficient (Wildman–Crippen LogP) is 2.23. The molecule has 0 aliphatic carbocycles. The van der Waals surface area contributed by atoms with Crippen LogP contribution >= 0.6 is 0 Å². The molecule has 7 heteroatoms. The Kier molecular flexibility index (Phi) is 5.20. The Morgan fingerprint density at radius 3 is 2.48 bits per heavy atom. The number of aromatic nitrogens is 4. The van der Waals surface area contributed by atoms with E-state index in [1.807, 2.05) is 60.7 Å². The van der Waals surface area contributed by atoms with Crippen LogP contribution in [0.2, 0.25) is 0 Å². The van der Waals surface area contributed by atoms with E-state index in [0.717, 1.165) is 11.1 Å². The summed E-state index contributed by atoms with van der Waals surface area (Å²) >= 11 is 0. The van der Waals surface area contributed by atoms with Crippen LogP contribution in [0.1, 0.15) is 17.2 Å². The summed E-state index contributed by atoms with van der Waals surface area (Å²) in [6.45, 7) is -0.102. The molecule has 0 unspecified atom stereocenters. The van der Waals surface area contributed by atoms with Gasteiger partial charge >= 0.3 is 0 Å². The highest BCUT2D eigenvalue weighted by atomic mass is 16.2. The minimum absolute atomic E-state index is 0.102. The van der Waals surface area contributed by atoms with Gasteiger partial charge < -0.3 is 5.32 Å². The quantitative estimate of drug-likeness (QED) is 0.550. The molecule has 0 saturated heterocycles. The second kappa shape index (κ2) is 8.10. The van der Waals surface area contributed by atoms with E-state index in [4.69, 9.17) is 0 Å². The molecule has 4 aromatic rings. The van der Waals surface area contributed by atoms with Gasteiger partial charge in [0.1, 0.15) is 18.3 Å². The average molecular weight is 387 g/mol. The average Bonchev–Trinajstić information content (AvgIpc) is 3.12. The summed E-state index contributed by atoms with van der Waals surface area (Å²) in [5.74, 6) is -0.248. The third kappa shape index (κ3) is 4.08. The van der Waals surface area contributed by atoms with Gasteiger partial charge in [0.25, 0.3) is 5.56 Å². The van der Waals surface area contributed by atoms with Crippen LogP contribution in [0.5, 0.6) is 0 Å². The third-order valence-electron chi connectivity index (χ3n) is 4.85. The highest BCUT2D eigenvalue weighted by molar-refractivity contribution is 5.77. The number of hydrogen-bond acceptors (Lipinski definition) is 4. The van der Waals surface area contributed by atoms with Gasteiger partial charge in [0.15, 0.2) is 5.65 Å². The number of carbonyl (C=O) groups is 1. The summed E-state index contributed by atoms with van der Waals surface area (Å²) in [6.07, 6.45) is 3.52. The molecule has 1 N–H and O–H groups in total. The first-order chi connectivity index (χ1) is 14.1. The molecule has 29 heavy (non-hydrogen) atoms. The number of nitrogens with one attached hydrogen (secondary N) is 1. The topological polar surface area (TPSA) is 81.8 Å². The molecule has 146 valence electrons. The molecule has 2 aromatic heterocycles. The van der Waals surface area contributed by atoms with Gasteiger partial charge in [-0.15, -0.1) is 0 Å². The van der Waals surface area contributed by atoms with Crippen molar-refractivity contribution in [1.82, 2.24) is 24.6 Å². The molecular formula is C22H21N5O2. The minimum atomic E-state index is -0.280. The van der Waals surface area contributed by atoms with Crippen LogP contribution in [0.25, 0.3) is 11.0 Å². The molecule has 7 nitrogen and oxygen atoms in total. The van der Waals surface area contributed by atoms with Crippen molar-refractivity contribution in [3.05, 3.63) is 94.7 Å².